The monoisotopic (exact) mass is 872 g/mol. The largest absolute Gasteiger partial charge is 0.462 e. The van der Waals surface area contributed by atoms with Crippen molar-refractivity contribution in [2.75, 3.05) is 20.8 Å². The molecule has 14 nitrogen and oxygen atoms in total. The minimum Gasteiger partial charge on any atom is -0.462 e. The standard InChI is InChI=1S/C48H72O14/c1-11-25(2)43-28(5)17-18-47(62-43)23-34-20-33(61-47)16-15-27(4)42(26(3)13-12-14-32-24-55-45-40(49)29(6)19-35(46(51)58-34)48(32,45)52)59-39-22-37(54-10)44(31(8)57-39)60-38-21-36(53-9)41(50)30(7)56-38/h12-15,17-19,25-26,28,30-31,33-45,49-50,52H,11,16,20-24H2,1-10H3/b13-12+,27-15+,32-14+/t25?,26-,28-,30-,31-,33?,34-,35?,36-,37-,38?,39?,40+,41-,42-,43?,44-,45?,47+,48+/m0/s1. The Morgan fingerprint density at radius 2 is 1.60 bits per heavy atom. The van der Waals surface area contributed by atoms with Gasteiger partial charge < -0.3 is 62.7 Å². The van der Waals surface area contributed by atoms with E-state index in [1.54, 1.807) is 40.2 Å². The van der Waals surface area contributed by atoms with E-state index in [-0.39, 0.29) is 42.7 Å². The smallest absolute Gasteiger partial charge is 0.316 e. The van der Waals surface area contributed by atoms with E-state index in [0.717, 1.165) is 12.0 Å². The molecular weight excluding hydrogens is 801 g/mol. The highest BCUT2D eigenvalue weighted by atomic mass is 16.7. The third-order valence-electron chi connectivity index (χ3n) is 14.5. The zero-order valence-corrected chi connectivity index (χ0v) is 38.2. The number of hydrogen-bond acceptors (Lipinski definition) is 14. The fraction of sp³-hybridized carbons (Fsp3) is 0.771. The summed E-state index contributed by atoms with van der Waals surface area (Å²) < 4.78 is 63.7. The third kappa shape index (κ3) is 9.64. The van der Waals surface area contributed by atoms with Crippen molar-refractivity contribution < 1.29 is 67.5 Å². The van der Waals surface area contributed by atoms with E-state index in [1.165, 1.54) is 0 Å². The summed E-state index contributed by atoms with van der Waals surface area (Å²) in [6.07, 6.45) is 8.55. The van der Waals surface area contributed by atoms with Gasteiger partial charge in [-0.1, -0.05) is 70.6 Å². The first-order chi connectivity index (χ1) is 29.5. The molecule has 2 bridgehead atoms. The molecular formula is C48H72O14. The Morgan fingerprint density at radius 3 is 2.32 bits per heavy atom. The average molecular weight is 873 g/mol. The summed E-state index contributed by atoms with van der Waals surface area (Å²) in [4.78, 5) is 14.3. The molecule has 14 heteroatoms. The van der Waals surface area contributed by atoms with E-state index < -0.39 is 90.8 Å². The Kier molecular flexibility index (Phi) is 15.1. The number of carbonyl (C=O) groups is 1. The fourth-order valence-electron chi connectivity index (χ4n) is 10.6. The molecule has 1 spiro atoms. The number of fused-ring (bicyclic) bond motifs is 2. The molecule has 6 heterocycles. The van der Waals surface area contributed by atoms with Gasteiger partial charge in [-0.25, -0.2) is 0 Å². The van der Waals surface area contributed by atoms with Crippen LogP contribution in [0.3, 0.4) is 0 Å². The van der Waals surface area contributed by atoms with E-state index in [1.807, 2.05) is 32.1 Å². The highest BCUT2D eigenvalue weighted by Crippen LogP contribution is 2.47. The number of allylic oxidation sites excluding steroid dienone is 2. The predicted octanol–water partition coefficient (Wildman–Crippen LogP) is 5.38. The number of methoxy groups -OCH3 is 2. The minimum atomic E-state index is -1.84. The molecule has 3 N–H and O–H groups in total. The van der Waals surface area contributed by atoms with Crippen LogP contribution in [0.5, 0.6) is 0 Å². The van der Waals surface area contributed by atoms with E-state index in [0.29, 0.717) is 43.3 Å². The van der Waals surface area contributed by atoms with Crippen LogP contribution in [0, 0.1) is 23.7 Å². The Hall–Kier alpha value is -2.31. The molecule has 7 rings (SSSR count). The van der Waals surface area contributed by atoms with Crippen LogP contribution < -0.4 is 0 Å². The lowest BCUT2D eigenvalue weighted by Gasteiger charge is -2.48. The second kappa shape index (κ2) is 19.7. The first-order valence-electron chi connectivity index (χ1n) is 22.9. The SMILES string of the molecule is CCC(C)C1O[C@]2(C=C[C@@H]1C)C[C@@H]1CC(C/C=C(\C)[C@@H](OC3C[C@H](OC)[C@@H](OC4C[C@H](OC)[C@@H](O)[C@H](C)O4)[C@H](C)O3)[C@@H](C)/C=C/C=C3\COC4[C@H](O)C(C)=CC(C(=O)O1)[C@]34O)O2. The number of esters is 1. The van der Waals surface area contributed by atoms with Crippen LogP contribution in [0.2, 0.25) is 0 Å². The zero-order chi connectivity index (χ0) is 44.7. The van der Waals surface area contributed by atoms with Crippen molar-refractivity contribution in [2.45, 2.75) is 191 Å². The van der Waals surface area contributed by atoms with Gasteiger partial charge in [0.05, 0.1) is 49.3 Å². The summed E-state index contributed by atoms with van der Waals surface area (Å²) in [7, 11) is 3.22. The molecule has 0 saturated carbocycles. The van der Waals surface area contributed by atoms with Crippen LogP contribution in [-0.4, -0.2) is 139 Å². The van der Waals surface area contributed by atoms with Crippen LogP contribution in [0.1, 0.15) is 93.9 Å². The molecule has 7 unspecified atom stereocenters. The van der Waals surface area contributed by atoms with Gasteiger partial charge in [-0.05, 0) is 62.8 Å². The quantitative estimate of drug-likeness (QED) is 0.210. The van der Waals surface area contributed by atoms with Crippen LogP contribution in [0.4, 0.5) is 0 Å². The van der Waals surface area contributed by atoms with E-state index in [2.05, 4.69) is 39.8 Å². The van der Waals surface area contributed by atoms with Crippen molar-refractivity contribution in [1.29, 1.82) is 0 Å². The van der Waals surface area contributed by atoms with E-state index in [4.69, 9.17) is 47.4 Å². The van der Waals surface area contributed by atoms with Gasteiger partial charge in [0.2, 0.25) is 0 Å². The summed E-state index contributed by atoms with van der Waals surface area (Å²) in [6, 6.07) is 0. The first-order valence-corrected chi connectivity index (χ1v) is 22.9. The van der Waals surface area contributed by atoms with Gasteiger partial charge in [0.25, 0.3) is 0 Å². The van der Waals surface area contributed by atoms with Gasteiger partial charge in [0.1, 0.15) is 42.0 Å². The lowest BCUT2D eigenvalue weighted by atomic mass is 9.71. The maximum absolute atomic E-state index is 14.3. The van der Waals surface area contributed by atoms with Gasteiger partial charge >= 0.3 is 5.97 Å². The molecule has 0 radical (unpaired) electrons. The normalized spacial score (nSPS) is 49.1. The molecule has 6 aliphatic heterocycles. The molecule has 1 aliphatic carbocycles. The first kappa shape index (κ1) is 47.6. The molecule has 7 aliphatic rings. The lowest BCUT2D eigenvalue weighted by molar-refractivity contribution is -0.318. The van der Waals surface area contributed by atoms with Crippen LogP contribution >= 0.6 is 0 Å². The fourth-order valence-corrected chi connectivity index (χ4v) is 10.6. The van der Waals surface area contributed by atoms with Crippen LogP contribution in [0.15, 0.2) is 59.3 Å². The number of aliphatic hydroxyl groups excluding tert-OH is 2. The average Bonchev–Trinajstić information content (AvgIpc) is 3.58. The maximum Gasteiger partial charge on any atom is 0.316 e. The zero-order valence-electron chi connectivity index (χ0n) is 38.2. The van der Waals surface area contributed by atoms with Crippen molar-refractivity contribution in [3.05, 3.63) is 59.3 Å². The summed E-state index contributed by atoms with van der Waals surface area (Å²) in [5.74, 6) is -2.56. The number of hydrogen-bond donors (Lipinski definition) is 3. The van der Waals surface area contributed by atoms with E-state index in [9.17, 15) is 20.1 Å². The molecule has 0 aromatic heterocycles. The number of aliphatic hydroxyl groups is 3. The van der Waals surface area contributed by atoms with Crippen LogP contribution in [0.25, 0.3) is 0 Å². The predicted molar refractivity (Wildman–Crippen MR) is 227 cm³/mol. The Balaban J connectivity index is 1.18. The molecule has 4 fully saturated rings. The lowest BCUT2D eigenvalue weighted by Crippen LogP contribution is -2.58. The highest BCUT2D eigenvalue weighted by Gasteiger charge is 2.60. The number of rotatable bonds is 8. The third-order valence-corrected chi connectivity index (χ3v) is 14.5. The molecule has 4 saturated heterocycles. The Bertz CT molecular complexity index is 1730. The molecule has 0 aromatic rings. The highest BCUT2D eigenvalue weighted by molar-refractivity contribution is 5.78. The minimum absolute atomic E-state index is 0.0317. The summed E-state index contributed by atoms with van der Waals surface area (Å²) in [5.41, 5.74) is 0.134. The second-order valence-corrected chi connectivity index (χ2v) is 19.0. The van der Waals surface area contributed by atoms with Crippen molar-refractivity contribution in [3.63, 3.8) is 0 Å². The van der Waals surface area contributed by atoms with Gasteiger partial charge in [0.15, 0.2) is 18.4 Å². The maximum atomic E-state index is 14.3. The molecule has 20 atom stereocenters. The van der Waals surface area contributed by atoms with Gasteiger partial charge in [-0.3, -0.25) is 4.79 Å². The van der Waals surface area contributed by atoms with Gasteiger partial charge in [-0.2, -0.15) is 0 Å². The number of carbonyl (C=O) groups excluding carboxylic acids is 1. The Labute approximate surface area is 367 Å². The number of ether oxygens (including phenoxy) is 10. The van der Waals surface area contributed by atoms with Crippen molar-refractivity contribution in [3.8, 4) is 0 Å². The summed E-state index contributed by atoms with van der Waals surface area (Å²) in [5, 5.41) is 34.2. The topological polar surface area (TPSA) is 170 Å². The van der Waals surface area contributed by atoms with Gasteiger partial charge in [0, 0.05) is 51.7 Å². The Morgan fingerprint density at radius 1 is 0.887 bits per heavy atom. The van der Waals surface area contributed by atoms with Crippen molar-refractivity contribution in [2.24, 2.45) is 23.7 Å². The van der Waals surface area contributed by atoms with Crippen LogP contribution in [-0.2, 0) is 52.2 Å². The van der Waals surface area contributed by atoms with Gasteiger partial charge in [-0.15, -0.1) is 0 Å². The van der Waals surface area contributed by atoms with E-state index >= 15 is 0 Å². The second-order valence-electron chi connectivity index (χ2n) is 19.0. The molecule has 0 aromatic carbocycles. The summed E-state index contributed by atoms with van der Waals surface area (Å²) in [6.45, 7) is 16.1. The molecule has 0 amide bonds. The molecule has 348 valence electrons. The molecule has 62 heavy (non-hydrogen) atoms. The van der Waals surface area contributed by atoms with Crippen molar-refractivity contribution in [1.82, 2.24) is 0 Å². The van der Waals surface area contributed by atoms with Crippen molar-refractivity contribution >= 4 is 5.97 Å². The summed E-state index contributed by atoms with van der Waals surface area (Å²) >= 11 is 0.